The number of benzene rings is 1. The lowest BCUT2D eigenvalue weighted by molar-refractivity contribution is 0.276. The maximum atomic E-state index is 6.06. The van der Waals surface area contributed by atoms with E-state index in [4.69, 9.17) is 16.3 Å². The average molecular weight is 406 g/mol. The molecule has 2 nitrogen and oxygen atoms in total. The van der Waals surface area contributed by atoms with Gasteiger partial charge in [0.05, 0.1) is 5.69 Å². The van der Waals surface area contributed by atoms with E-state index in [1.54, 1.807) is 0 Å². The maximum absolute atomic E-state index is 6.06. The highest BCUT2D eigenvalue weighted by atomic mass is 35.5. The van der Waals surface area contributed by atoms with Crippen molar-refractivity contribution in [3.63, 3.8) is 0 Å². The van der Waals surface area contributed by atoms with E-state index < -0.39 is 0 Å². The molecule has 0 atom stereocenters. The fourth-order valence-electron chi connectivity index (χ4n) is 3.87. The molecule has 0 aromatic heterocycles. The van der Waals surface area contributed by atoms with Gasteiger partial charge in [0, 0.05) is 17.0 Å². The van der Waals surface area contributed by atoms with Crippen LogP contribution in [0.5, 0.6) is 0 Å². The van der Waals surface area contributed by atoms with Crippen molar-refractivity contribution in [3.05, 3.63) is 28.8 Å². The number of hydrogen-bond donors (Lipinski definition) is 0. The van der Waals surface area contributed by atoms with E-state index >= 15 is 0 Å². The molecule has 0 spiro atoms. The van der Waals surface area contributed by atoms with Crippen molar-refractivity contribution in [3.8, 4) is 0 Å². The van der Waals surface area contributed by atoms with Gasteiger partial charge in [0.1, 0.15) is 6.61 Å². The molecule has 0 unspecified atom stereocenters. The summed E-state index contributed by atoms with van der Waals surface area (Å²) in [6, 6.07) is 5.84. The molecule has 1 aromatic rings. The third-order valence-corrected chi connectivity index (χ3v) is 5.92. The van der Waals surface area contributed by atoms with Crippen LogP contribution in [0.1, 0.15) is 115 Å². The Balaban J connectivity index is 1.38. The number of nitrogens with zero attached hydrogens (tertiary/aromatic N) is 1. The Bertz CT molecular complexity index is 570. The fourth-order valence-corrected chi connectivity index (χ4v) is 4.03. The maximum Gasteiger partial charge on any atom is 0.188 e. The summed E-state index contributed by atoms with van der Waals surface area (Å²) in [5, 5.41) is 0.746. The van der Waals surface area contributed by atoms with Crippen LogP contribution < -0.4 is 0 Å². The number of aliphatic imine (C=N–C) groups is 1. The van der Waals surface area contributed by atoms with Crippen molar-refractivity contribution in [2.75, 3.05) is 0 Å². The first-order chi connectivity index (χ1) is 13.8. The molecule has 1 aliphatic heterocycles. The van der Waals surface area contributed by atoms with Crippen LogP contribution in [0, 0.1) is 0 Å². The molecule has 1 heterocycles. The van der Waals surface area contributed by atoms with Crippen molar-refractivity contribution < 1.29 is 4.74 Å². The van der Waals surface area contributed by atoms with E-state index in [-0.39, 0.29) is 0 Å². The fraction of sp³-hybridized carbons (Fsp3) is 0.720. The van der Waals surface area contributed by atoms with Gasteiger partial charge in [-0.05, 0) is 18.6 Å². The van der Waals surface area contributed by atoms with E-state index in [1.165, 1.54) is 96.3 Å². The molecule has 0 radical (unpaired) electrons. The van der Waals surface area contributed by atoms with Crippen molar-refractivity contribution in [1.82, 2.24) is 0 Å². The molecule has 1 aromatic carbocycles. The number of ether oxygens (including phenoxy) is 1. The molecular formula is C25H40ClNO. The summed E-state index contributed by atoms with van der Waals surface area (Å²) < 4.78 is 5.77. The van der Waals surface area contributed by atoms with Crippen LogP contribution >= 0.6 is 11.6 Å². The standard InChI is InChI=1S/C25H40ClNO/c1-2-3-4-5-6-7-8-9-10-11-12-13-14-15-16-17-25-27-24-20-23(26)19-18-22(24)21-28-25/h18-20H,2-17,21H2,1H3. The Hall–Kier alpha value is -1.02. The van der Waals surface area contributed by atoms with Crippen LogP contribution in [0.2, 0.25) is 5.02 Å². The topological polar surface area (TPSA) is 21.6 Å². The minimum Gasteiger partial charge on any atom is -0.476 e. The Labute approximate surface area is 178 Å². The van der Waals surface area contributed by atoms with Crippen LogP contribution in [-0.2, 0) is 11.3 Å². The minimum absolute atomic E-state index is 0.629. The van der Waals surface area contributed by atoms with Gasteiger partial charge in [0.2, 0.25) is 0 Å². The van der Waals surface area contributed by atoms with Crippen LogP contribution in [0.25, 0.3) is 0 Å². The first-order valence-electron chi connectivity index (χ1n) is 11.8. The Morgan fingerprint density at radius 2 is 1.32 bits per heavy atom. The molecule has 0 bridgehead atoms. The predicted octanol–water partition coefficient (Wildman–Crippen LogP) is 9.16. The van der Waals surface area contributed by atoms with Crippen molar-refractivity contribution in [1.29, 1.82) is 0 Å². The van der Waals surface area contributed by atoms with Gasteiger partial charge in [-0.2, -0.15) is 0 Å². The number of rotatable bonds is 16. The van der Waals surface area contributed by atoms with Crippen LogP contribution in [-0.4, -0.2) is 5.90 Å². The minimum atomic E-state index is 0.629. The smallest absolute Gasteiger partial charge is 0.188 e. The lowest BCUT2D eigenvalue weighted by atomic mass is 10.0. The molecule has 0 saturated carbocycles. The van der Waals surface area contributed by atoms with E-state index in [0.717, 1.165) is 28.6 Å². The average Bonchev–Trinajstić information content (AvgIpc) is 2.70. The molecule has 0 saturated heterocycles. The summed E-state index contributed by atoms with van der Waals surface area (Å²) >= 11 is 6.06. The number of fused-ring (bicyclic) bond motifs is 1. The summed E-state index contributed by atoms with van der Waals surface area (Å²) in [5.41, 5.74) is 2.11. The molecule has 0 amide bonds. The lowest BCUT2D eigenvalue weighted by Gasteiger charge is -2.17. The summed E-state index contributed by atoms with van der Waals surface area (Å²) in [6.45, 7) is 2.92. The van der Waals surface area contributed by atoms with E-state index in [9.17, 15) is 0 Å². The summed E-state index contributed by atoms with van der Waals surface area (Å²) in [6.07, 6.45) is 21.8. The van der Waals surface area contributed by atoms with E-state index in [1.807, 2.05) is 18.2 Å². The quantitative estimate of drug-likeness (QED) is 0.251. The van der Waals surface area contributed by atoms with E-state index in [2.05, 4.69) is 11.9 Å². The highest BCUT2D eigenvalue weighted by molar-refractivity contribution is 6.30. The second-order valence-electron chi connectivity index (χ2n) is 8.27. The molecule has 158 valence electrons. The van der Waals surface area contributed by atoms with Gasteiger partial charge in [-0.3, -0.25) is 0 Å². The molecule has 0 N–H and O–H groups in total. The van der Waals surface area contributed by atoms with Crippen molar-refractivity contribution in [2.45, 2.75) is 116 Å². The monoisotopic (exact) mass is 405 g/mol. The Morgan fingerprint density at radius 1 is 0.786 bits per heavy atom. The van der Waals surface area contributed by atoms with Crippen molar-refractivity contribution >= 4 is 23.2 Å². The van der Waals surface area contributed by atoms with Crippen molar-refractivity contribution in [2.24, 2.45) is 4.99 Å². The number of halogens is 1. The zero-order chi connectivity index (χ0) is 19.9. The number of hydrogen-bond acceptors (Lipinski definition) is 2. The highest BCUT2D eigenvalue weighted by Gasteiger charge is 2.12. The zero-order valence-corrected chi connectivity index (χ0v) is 18.7. The normalized spacial score (nSPS) is 13.1. The highest BCUT2D eigenvalue weighted by Crippen LogP contribution is 2.28. The lowest BCUT2D eigenvalue weighted by Crippen LogP contribution is -2.09. The first kappa shape index (κ1) is 23.3. The SMILES string of the molecule is CCCCCCCCCCCCCCCCCC1=Nc2cc(Cl)ccc2CO1. The third kappa shape index (κ3) is 9.96. The molecule has 2 rings (SSSR count). The number of unbranched alkanes of at least 4 members (excludes halogenated alkanes) is 14. The van der Waals surface area contributed by atoms with E-state index in [0.29, 0.717) is 6.61 Å². The van der Waals surface area contributed by atoms with Gasteiger partial charge in [0.15, 0.2) is 5.90 Å². The van der Waals surface area contributed by atoms with Gasteiger partial charge in [-0.1, -0.05) is 114 Å². The largest absolute Gasteiger partial charge is 0.476 e. The molecule has 0 fully saturated rings. The van der Waals surface area contributed by atoms with Crippen LogP contribution in [0.15, 0.2) is 23.2 Å². The molecule has 28 heavy (non-hydrogen) atoms. The van der Waals surface area contributed by atoms with Gasteiger partial charge in [0.25, 0.3) is 0 Å². The van der Waals surface area contributed by atoms with Crippen LogP contribution in [0.4, 0.5) is 5.69 Å². The Morgan fingerprint density at radius 3 is 1.89 bits per heavy atom. The molecular weight excluding hydrogens is 366 g/mol. The van der Waals surface area contributed by atoms with Crippen LogP contribution in [0.3, 0.4) is 0 Å². The van der Waals surface area contributed by atoms with Gasteiger partial charge >= 0.3 is 0 Å². The summed E-state index contributed by atoms with van der Waals surface area (Å²) in [4.78, 5) is 4.62. The summed E-state index contributed by atoms with van der Waals surface area (Å²) in [5.74, 6) is 0.879. The first-order valence-corrected chi connectivity index (χ1v) is 12.2. The predicted molar refractivity (Wildman–Crippen MR) is 123 cm³/mol. The second-order valence-corrected chi connectivity index (χ2v) is 8.70. The van der Waals surface area contributed by atoms with Gasteiger partial charge < -0.3 is 4.74 Å². The Kier molecular flexibility index (Phi) is 12.4. The van der Waals surface area contributed by atoms with Gasteiger partial charge in [-0.25, -0.2) is 4.99 Å². The molecule has 0 aliphatic carbocycles. The second kappa shape index (κ2) is 14.9. The molecule has 1 aliphatic rings. The van der Waals surface area contributed by atoms with Gasteiger partial charge in [-0.15, -0.1) is 0 Å². The molecule has 3 heteroatoms. The third-order valence-electron chi connectivity index (χ3n) is 5.68. The zero-order valence-electron chi connectivity index (χ0n) is 18.0. The summed E-state index contributed by atoms with van der Waals surface area (Å²) in [7, 11) is 0.